The van der Waals surface area contributed by atoms with Crippen molar-refractivity contribution in [3.8, 4) is 11.6 Å². The molecule has 2 atom stereocenters. The maximum absolute atomic E-state index is 13.2. The van der Waals surface area contributed by atoms with Crippen molar-refractivity contribution in [2.45, 2.75) is 36.5 Å². The summed E-state index contributed by atoms with van der Waals surface area (Å²) >= 11 is 0. The Morgan fingerprint density at radius 3 is 2.49 bits per heavy atom. The SMILES string of the molecule is COc1nn(-c2ccc(C(F)(F)F)cc2)cc1CNC(=O)[C@@H]1CCCN1S(=O)c1ccc(F)cc1. The summed E-state index contributed by atoms with van der Waals surface area (Å²) in [5.74, 6) is -0.557. The Labute approximate surface area is 201 Å². The summed E-state index contributed by atoms with van der Waals surface area (Å²) in [6.45, 7) is 0.507. The lowest BCUT2D eigenvalue weighted by molar-refractivity contribution is -0.137. The summed E-state index contributed by atoms with van der Waals surface area (Å²) in [6.07, 6.45) is -1.68. The minimum Gasteiger partial charge on any atom is -0.480 e. The third-order valence-corrected chi connectivity index (χ3v) is 7.13. The zero-order chi connectivity index (χ0) is 25.2. The second kappa shape index (κ2) is 10.2. The van der Waals surface area contributed by atoms with E-state index in [9.17, 15) is 26.6 Å². The minimum atomic E-state index is -4.44. The van der Waals surface area contributed by atoms with Crippen molar-refractivity contribution in [2.24, 2.45) is 0 Å². The van der Waals surface area contributed by atoms with Gasteiger partial charge < -0.3 is 10.1 Å². The molecule has 186 valence electrons. The van der Waals surface area contributed by atoms with Gasteiger partial charge in [0.25, 0.3) is 0 Å². The number of methoxy groups -OCH3 is 1. The molecule has 7 nitrogen and oxygen atoms in total. The van der Waals surface area contributed by atoms with E-state index in [1.165, 1.54) is 48.2 Å². The van der Waals surface area contributed by atoms with Crippen LogP contribution in [0.3, 0.4) is 0 Å². The Balaban J connectivity index is 1.44. The van der Waals surface area contributed by atoms with Gasteiger partial charge >= 0.3 is 6.18 Å². The molecule has 12 heteroatoms. The highest BCUT2D eigenvalue weighted by molar-refractivity contribution is 7.82. The molecule has 1 amide bonds. The van der Waals surface area contributed by atoms with Gasteiger partial charge in [0, 0.05) is 19.3 Å². The van der Waals surface area contributed by atoms with Crippen LogP contribution in [0.25, 0.3) is 5.69 Å². The second-order valence-electron chi connectivity index (χ2n) is 7.87. The lowest BCUT2D eigenvalue weighted by atomic mass is 10.2. The van der Waals surface area contributed by atoms with E-state index in [1.54, 1.807) is 10.5 Å². The number of alkyl halides is 3. The molecule has 0 bridgehead atoms. The van der Waals surface area contributed by atoms with Gasteiger partial charge in [0.15, 0.2) is 0 Å². The quantitative estimate of drug-likeness (QED) is 0.490. The number of ether oxygens (including phenoxy) is 1. The van der Waals surface area contributed by atoms with Crippen LogP contribution in [0.5, 0.6) is 5.88 Å². The standard InChI is InChI=1S/C23H22F4N4O3S/c1-34-22-15(14-30(29-22)18-8-4-16(5-9-18)23(25,26)27)13-28-21(32)20-3-2-12-31(20)35(33)19-10-6-17(24)7-11-19/h4-11,14,20H,2-3,12-13H2,1H3,(H,28,32)/t20-,35?/m0/s1. The summed E-state index contributed by atoms with van der Waals surface area (Å²) in [6, 6.07) is 9.17. The number of aromatic nitrogens is 2. The Hall–Kier alpha value is -3.25. The molecule has 1 aromatic heterocycles. The summed E-state index contributed by atoms with van der Waals surface area (Å²) in [5, 5.41) is 7.03. The van der Waals surface area contributed by atoms with E-state index in [1.807, 2.05) is 0 Å². The van der Waals surface area contributed by atoms with E-state index < -0.39 is 34.6 Å². The predicted octanol–water partition coefficient (Wildman–Crippen LogP) is 3.84. The summed E-state index contributed by atoms with van der Waals surface area (Å²) in [5.41, 5.74) is 0.141. The summed E-state index contributed by atoms with van der Waals surface area (Å²) < 4.78 is 72.8. The molecule has 35 heavy (non-hydrogen) atoms. The number of carbonyl (C=O) groups is 1. The average molecular weight is 511 g/mol. The van der Waals surface area contributed by atoms with Gasteiger partial charge in [-0.25, -0.2) is 17.6 Å². The van der Waals surface area contributed by atoms with E-state index in [4.69, 9.17) is 4.74 Å². The first-order chi connectivity index (χ1) is 16.7. The lowest BCUT2D eigenvalue weighted by Crippen LogP contribution is -2.43. The number of hydrogen-bond donors (Lipinski definition) is 1. The van der Waals surface area contributed by atoms with Crippen molar-refractivity contribution < 1.29 is 31.3 Å². The molecule has 0 saturated carbocycles. The maximum atomic E-state index is 13.2. The number of benzene rings is 2. The van der Waals surface area contributed by atoms with Crippen LogP contribution < -0.4 is 10.1 Å². The van der Waals surface area contributed by atoms with Crippen LogP contribution in [-0.2, 0) is 28.5 Å². The van der Waals surface area contributed by atoms with Gasteiger partial charge in [-0.1, -0.05) is 0 Å². The predicted molar refractivity (Wildman–Crippen MR) is 120 cm³/mol. The highest BCUT2D eigenvalue weighted by atomic mass is 32.2. The molecule has 0 radical (unpaired) electrons. The molecule has 1 unspecified atom stereocenters. The molecule has 0 aliphatic carbocycles. The van der Waals surface area contributed by atoms with E-state index >= 15 is 0 Å². The van der Waals surface area contributed by atoms with Gasteiger partial charge in [-0.3, -0.25) is 4.79 Å². The number of carbonyl (C=O) groups excluding carboxylic acids is 1. The third-order valence-electron chi connectivity index (χ3n) is 5.59. The van der Waals surface area contributed by atoms with Crippen LogP contribution in [0.15, 0.2) is 59.6 Å². The van der Waals surface area contributed by atoms with Crippen molar-refractivity contribution in [2.75, 3.05) is 13.7 Å². The van der Waals surface area contributed by atoms with Crippen LogP contribution in [0.1, 0.15) is 24.0 Å². The first-order valence-corrected chi connectivity index (χ1v) is 11.8. The fourth-order valence-corrected chi connectivity index (χ4v) is 5.18. The molecule has 1 fully saturated rings. The van der Waals surface area contributed by atoms with Crippen molar-refractivity contribution >= 4 is 16.9 Å². The molecule has 1 N–H and O–H groups in total. The zero-order valence-corrected chi connectivity index (χ0v) is 19.4. The van der Waals surface area contributed by atoms with E-state index in [2.05, 4.69) is 10.4 Å². The first-order valence-electron chi connectivity index (χ1n) is 10.7. The highest BCUT2D eigenvalue weighted by Crippen LogP contribution is 2.30. The molecule has 0 spiro atoms. The normalized spacial score (nSPS) is 17.3. The number of rotatable bonds is 7. The molecule has 2 aromatic carbocycles. The maximum Gasteiger partial charge on any atom is 0.416 e. The largest absolute Gasteiger partial charge is 0.480 e. The smallest absolute Gasteiger partial charge is 0.416 e. The fraction of sp³-hybridized carbons (Fsp3) is 0.304. The number of hydrogen-bond acceptors (Lipinski definition) is 4. The second-order valence-corrected chi connectivity index (χ2v) is 9.31. The van der Waals surface area contributed by atoms with Crippen LogP contribution in [0.2, 0.25) is 0 Å². The van der Waals surface area contributed by atoms with E-state index in [0.717, 1.165) is 12.1 Å². The average Bonchev–Trinajstić information content (AvgIpc) is 3.49. The summed E-state index contributed by atoms with van der Waals surface area (Å²) in [7, 11) is -0.218. The molecule has 3 aromatic rings. The molecule has 1 aliphatic rings. The molecule has 1 saturated heterocycles. The van der Waals surface area contributed by atoms with Crippen LogP contribution in [-0.4, -0.2) is 43.9 Å². The zero-order valence-electron chi connectivity index (χ0n) is 18.6. The topological polar surface area (TPSA) is 76.5 Å². The fourth-order valence-electron chi connectivity index (χ4n) is 3.81. The monoisotopic (exact) mass is 510 g/mol. The molecule has 1 aliphatic heterocycles. The van der Waals surface area contributed by atoms with Crippen LogP contribution in [0, 0.1) is 5.82 Å². The number of nitrogens with zero attached hydrogens (tertiary/aromatic N) is 3. The molecule has 2 heterocycles. The van der Waals surface area contributed by atoms with Gasteiger partial charge in [-0.05, 0) is 61.4 Å². The van der Waals surface area contributed by atoms with Crippen molar-refractivity contribution in [3.63, 3.8) is 0 Å². The van der Waals surface area contributed by atoms with Crippen molar-refractivity contribution in [1.29, 1.82) is 0 Å². The highest BCUT2D eigenvalue weighted by Gasteiger charge is 2.35. The molecular formula is C23H22F4N4O3S. The van der Waals surface area contributed by atoms with Gasteiger partial charge in [-0.2, -0.15) is 13.2 Å². The number of halogens is 4. The Kier molecular flexibility index (Phi) is 7.22. The summed E-state index contributed by atoms with van der Waals surface area (Å²) in [4.78, 5) is 13.3. The Morgan fingerprint density at radius 1 is 1.17 bits per heavy atom. The lowest BCUT2D eigenvalue weighted by Gasteiger charge is -2.22. The first kappa shape index (κ1) is 24.9. The van der Waals surface area contributed by atoms with Gasteiger partial charge in [0.2, 0.25) is 11.8 Å². The van der Waals surface area contributed by atoms with Gasteiger partial charge in [-0.15, -0.1) is 5.10 Å². The van der Waals surface area contributed by atoms with Gasteiger partial charge in [0.1, 0.15) is 22.8 Å². The van der Waals surface area contributed by atoms with E-state index in [-0.39, 0.29) is 18.3 Å². The Bertz CT molecular complexity index is 1210. The van der Waals surface area contributed by atoms with Crippen molar-refractivity contribution in [3.05, 3.63) is 71.7 Å². The number of nitrogens with one attached hydrogen (secondary N) is 1. The van der Waals surface area contributed by atoms with E-state index in [0.29, 0.717) is 35.5 Å². The molecular weight excluding hydrogens is 488 g/mol. The Morgan fingerprint density at radius 2 is 1.86 bits per heavy atom. The number of amides is 1. The minimum absolute atomic E-state index is 0.0518. The van der Waals surface area contributed by atoms with Crippen molar-refractivity contribution in [1.82, 2.24) is 19.4 Å². The van der Waals surface area contributed by atoms with Crippen LogP contribution >= 0.6 is 0 Å². The van der Waals surface area contributed by atoms with Gasteiger partial charge in [0.05, 0.1) is 28.8 Å². The van der Waals surface area contributed by atoms with Crippen LogP contribution in [0.4, 0.5) is 17.6 Å². The third kappa shape index (κ3) is 5.54. The molecule has 4 rings (SSSR count).